The summed E-state index contributed by atoms with van der Waals surface area (Å²) >= 11 is 0. The molecule has 0 aliphatic heterocycles. The molecule has 0 saturated carbocycles. The molecule has 158 valence electrons. The number of benzene rings is 3. The summed E-state index contributed by atoms with van der Waals surface area (Å²) in [7, 11) is 1.53. The lowest BCUT2D eigenvalue weighted by Crippen LogP contribution is -2.22. The average molecular weight is 417 g/mol. The highest BCUT2D eigenvalue weighted by Gasteiger charge is 2.15. The molecule has 6 nitrogen and oxygen atoms in total. The van der Waals surface area contributed by atoms with Gasteiger partial charge in [0.15, 0.2) is 6.61 Å². The molecule has 3 aromatic carbocycles. The van der Waals surface area contributed by atoms with Crippen molar-refractivity contribution in [2.45, 2.75) is 20.3 Å². The molecule has 0 saturated heterocycles. The lowest BCUT2D eigenvalue weighted by atomic mass is 10.0. The number of esters is 1. The van der Waals surface area contributed by atoms with Gasteiger partial charge >= 0.3 is 5.97 Å². The lowest BCUT2D eigenvalue weighted by molar-refractivity contribution is -0.146. The summed E-state index contributed by atoms with van der Waals surface area (Å²) in [5.41, 5.74) is 4.95. The third-order valence-corrected chi connectivity index (χ3v) is 5.26. The number of carbonyl (C=O) groups excluding carboxylic acids is 2. The Balaban J connectivity index is 1.43. The molecular weight excluding hydrogens is 394 g/mol. The summed E-state index contributed by atoms with van der Waals surface area (Å²) in [6, 6.07) is 17.0. The largest absolute Gasteiger partial charge is 0.495 e. The van der Waals surface area contributed by atoms with Gasteiger partial charge < -0.3 is 19.2 Å². The number of para-hydroxylation sites is 1. The van der Waals surface area contributed by atoms with Gasteiger partial charge in [-0.05, 0) is 42.7 Å². The molecule has 1 amide bonds. The van der Waals surface area contributed by atoms with E-state index in [9.17, 15) is 9.59 Å². The average Bonchev–Trinajstić information content (AvgIpc) is 3.11. The summed E-state index contributed by atoms with van der Waals surface area (Å²) in [5, 5.41) is 4.59. The molecule has 1 aromatic heterocycles. The molecule has 0 atom stereocenters. The summed E-state index contributed by atoms with van der Waals surface area (Å²) in [5.74, 6) is -0.422. The van der Waals surface area contributed by atoms with E-state index >= 15 is 0 Å². The van der Waals surface area contributed by atoms with Crippen LogP contribution in [0.5, 0.6) is 5.75 Å². The molecule has 6 heteroatoms. The molecule has 1 heterocycles. The predicted molar refractivity (Wildman–Crippen MR) is 119 cm³/mol. The first-order valence-electron chi connectivity index (χ1n) is 9.95. The number of amides is 1. The zero-order valence-corrected chi connectivity index (χ0v) is 17.7. The van der Waals surface area contributed by atoms with E-state index < -0.39 is 11.9 Å². The number of carbonyl (C=O) groups is 2. The molecule has 0 unspecified atom stereocenters. The predicted octanol–water partition coefficient (Wildman–Crippen LogP) is 4.94. The van der Waals surface area contributed by atoms with Crippen molar-refractivity contribution in [2.24, 2.45) is 0 Å². The zero-order valence-electron chi connectivity index (χ0n) is 17.7. The maximum Gasteiger partial charge on any atom is 0.310 e. The van der Waals surface area contributed by atoms with Gasteiger partial charge in [0.2, 0.25) is 0 Å². The van der Waals surface area contributed by atoms with Gasteiger partial charge in [0.25, 0.3) is 5.91 Å². The minimum atomic E-state index is -0.460. The van der Waals surface area contributed by atoms with Crippen LogP contribution in [0.15, 0.2) is 59.0 Å². The van der Waals surface area contributed by atoms with Crippen molar-refractivity contribution < 1.29 is 23.5 Å². The maximum absolute atomic E-state index is 12.4. The fourth-order valence-electron chi connectivity index (χ4n) is 3.48. The highest BCUT2D eigenvalue weighted by atomic mass is 16.5. The monoisotopic (exact) mass is 417 g/mol. The van der Waals surface area contributed by atoms with E-state index in [-0.39, 0.29) is 13.0 Å². The van der Waals surface area contributed by atoms with Gasteiger partial charge in [-0.15, -0.1) is 0 Å². The molecule has 1 N–H and O–H groups in total. The Morgan fingerprint density at radius 3 is 2.52 bits per heavy atom. The Morgan fingerprint density at radius 1 is 0.935 bits per heavy atom. The molecule has 0 bridgehead atoms. The summed E-state index contributed by atoms with van der Waals surface area (Å²) in [6.07, 6.45) is 0.114. The minimum absolute atomic E-state index is 0.114. The second-order valence-electron chi connectivity index (χ2n) is 7.45. The van der Waals surface area contributed by atoms with E-state index in [1.54, 1.807) is 6.07 Å². The van der Waals surface area contributed by atoms with Gasteiger partial charge in [-0.2, -0.15) is 0 Å². The molecule has 0 radical (unpaired) electrons. The number of hydrogen-bond acceptors (Lipinski definition) is 5. The van der Waals surface area contributed by atoms with E-state index in [0.29, 0.717) is 17.0 Å². The van der Waals surface area contributed by atoms with Crippen LogP contribution >= 0.6 is 0 Å². The second kappa shape index (κ2) is 8.52. The van der Waals surface area contributed by atoms with Crippen LogP contribution in [0.4, 0.5) is 5.69 Å². The molecule has 4 rings (SSSR count). The van der Waals surface area contributed by atoms with Gasteiger partial charge in [0.05, 0.1) is 19.2 Å². The van der Waals surface area contributed by atoms with Gasteiger partial charge in [0, 0.05) is 16.8 Å². The number of nitrogens with one attached hydrogen (secondary N) is 1. The molecular formula is C25H23NO5. The number of rotatable bonds is 6. The fraction of sp³-hybridized carbons (Fsp3) is 0.200. The van der Waals surface area contributed by atoms with Gasteiger partial charge in [-0.25, -0.2) is 0 Å². The van der Waals surface area contributed by atoms with Gasteiger partial charge in [-0.3, -0.25) is 9.59 Å². The first-order chi connectivity index (χ1) is 14.9. The molecule has 0 spiro atoms. The summed E-state index contributed by atoms with van der Waals surface area (Å²) in [6.45, 7) is 3.62. The van der Waals surface area contributed by atoms with Crippen molar-refractivity contribution >= 4 is 39.5 Å². The molecule has 4 aromatic rings. The van der Waals surface area contributed by atoms with E-state index in [0.717, 1.165) is 33.0 Å². The van der Waals surface area contributed by atoms with Gasteiger partial charge in [-0.1, -0.05) is 36.4 Å². The quantitative estimate of drug-likeness (QED) is 0.450. The number of furan rings is 1. The number of hydrogen-bond donors (Lipinski definition) is 1. The van der Waals surface area contributed by atoms with E-state index in [2.05, 4.69) is 5.32 Å². The Bertz CT molecular complexity index is 1290. The molecule has 0 aliphatic rings. The highest BCUT2D eigenvalue weighted by molar-refractivity contribution is 6.07. The zero-order chi connectivity index (χ0) is 22.0. The van der Waals surface area contributed by atoms with Crippen LogP contribution in [0.2, 0.25) is 0 Å². The first kappa shape index (κ1) is 20.5. The number of fused-ring (bicyclic) bond motifs is 3. The highest BCUT2D eigenvalue weighted by Crippen LogP contribution is 2.36. The molecule has 0 fully saturated rings. The van der Waals surface area contributed by atoms with Crippen molar-refractivity contribution in [1.82, 2.24) is 0 Å². The van der Waals surface area contributed by atoms with Crippen molar-refractivity contribution in [3.05, 3.63) is 71.3 Å². The summed E-state index contributed by atoms with van der Waals surface area (Å²) in [4.78, 5) is 24.5. The van der Waals surface area contributed by atoms with E-state index in [1.807, 2.05) is 62.4 Å². The van der Waals surface area contributed by atoms with Crippen molar-refractivity contribution in [3.63, 3.8) is 0 Å². The third-order valence-electron chi connectivity index (χ3n) is 5.26. The van der Waals surface area contributed by atoms with E-state index in [1.165, 1.54) is 7.11 Å². The van der Waals surface area contributed by atoms with Crippen LogP contribution in [-0.2, 0) is 20.7 Å². The van der Waals surface area contributed by atoms with Crippen molar-refractivity contribution in [1.29, 1.82) is 0 Å². The smallest absolute Gasteiger partial charge is 0.310 e. The molecule has 31 heavy (non-hydrogen) atoms. The summed E-state index contributed by atoms with van der Waals surface area (Å²) < 4.78 is 16.4. The minimum Gasteiger partial charge on any atom is -0.495 e. The SMILES string of the molecule is COc1cc2c(cc1NC(=O)COC(=O)Cc1ccc(C)c(C)c1)oc1ccccc12. The Labute approximate surface area is 179 Å². The topological polar surface area (TPSA) is 77.8 Å². The number of aryl methyl sites for hydroxylation is 2. The number of anilines is 1. The van der Waals surface area contributed by atoms with Crippen LogP contribution in [0.1, 0.15) is 16.7 Å². The van der Waals surface area contributed by atoms with Crippen LogP contribution in [-0.4, -0.2) is 25.6 Å². The van der Waals surface area contributed by atoms with Crippen molar-refractivity contribution in [3.8, 4) is 5.75 Å². The lowest BCUT2D eigenvalue weighted by Gasteiger charge is -2.11. The van der Waals surface area contributed by atoms with Gasteiger partial charge in [0.1, 0.15) is 16.9 Å². The fourth-order valence-corrected chi connectivity index (χ4v) is 3.48. The van der Waals surface area contributed by atoms with Crippen LogP contribution in [0.3, 0.4) is 0 Å². The standard InChI is InChI=1S/C25H23NO5/c1-15-8-9-17(10-16(15)2)11-25(28)30-14-24(27)26-20-13-22-19(12-23(20)29-3)18-6-4-5-7-21(18)31-22/h4-10,12-13H,11,14H2,1-3H3,(H,26,27). The Morgan fingerprint density at radius 2 is 1.74 bits per heavy atom. The molecule has 0 aliphatic carbocycles. The third kappa shape index (κ3) is 4.38. The second-order valence-corrected chi connectivity index (χ2v) is 7.45. The normalized spacial score (nSPS) is 10.9. The van der Waals surface area contributed by atoms with Crippen LogP contribution in [0, 0.1) is 13.8 Å². The van der Waals surface area contributed by atoms with Crippen LogP contribution in [0.25, 0.3) is 21.9 Å². The van der Waals surface area contributed by atoms with Crippen molar-refractivity contribution in [2.75, 3.05) is 19.0 Å². The van der Waals surface area contributed by atoms with E-state index in [4.69, 9.17) is 13.9 Å². The maximum atomic E-state index is 12.4. The Kier molecular flexibility index (Phi) is 5.62. The number of ether oxygens (including phenoxy) is 2. The van der Waals surface area contributed by atoms with Crippen LogP contribution < -0.4 is 10.1 Å². The first-order valence-corrected chi connectivity index (χ1v) is 9.95. The Hall–Kier alpha value is -3.80. The number of methoxy groups -OCH3 is 1.